The van der Waals surface area contributed by atoms with Crippen LogP contribution in [0, 0.1) is 0 Å². The van der Waals surface area contributed by atoms with Crippen LogP contribution in [0.5, 0.6) is 11.5 Å². The Morgan fingerprint density at radius 3 is 2.20 bits per heavy atom. The number of carbonyl (C=O) groups excluding carboxylic acids is 2. The minimum absolute atomic E-state index is 0.388. The quantitative estimate of drug-likeness (QED) is 0.283. The number of benzene rings is 2. The van der Waals surface area contributed by atoms with E-state index in [1.54, 1.807) is 19.2 Å². The number of unbranched alkanes of at least 4 members (excludes halogenated alkanes) is 3. The van der Waals surface area contributed by atoms with Crippen LogP contribution in [-0.2, 0) is 14.3 Å². The van der Waals surface area contributed by atoms with Gasteiger partial charge in [0.2, 0.25) is 0 Å². The fourth-order valence-electron chi connectivity index (χ4n) is 2.89. The second kappa shape index (κ2) is 12.3. The average molecular weight is 412 g/mol. The van der Waals surface area contributed by atoms with Crippen molar-refractivity contribution in [2.45, 2.75) is 25.7 Å². The molecule has 0 saturated heterocycles. The van der Waals surface area contributed by atoms with Crippen LogP contribution >= 0.6 is 0 Å². The number of methoxy groups -OCH3 is 2. The zero-order valence-electron chi connectivity index (χ0n) is 17.5. The van der Waals surface area contributed by atoms with Crippen LogP contribution in [-0.4, -0.2) is 39.4 Å². The molecule has 0 heterocycles. The number of hydrogen-bond acceptors (Lipinski definition) is 6. The molecule has 0 aliphatic carbocycles. The van der Waals surface area contributed by atoms with Gasteiger partial charge < -0.3 is 18.9 Å². The van der Waals surface area contributed by atoms with E-state index >= 15 is 0 Å². The summed E-state index contributed by atoms with van der Waals surface area (Å²) < 4.78 is 20.9. The highest BCUT2D eigenvalue weighted by molar-refractivity contribution is 5.97. The van der Waals surface area contributed by atoms with Crippen molar-refractivity contribution < 1.29 is 28.5 Å². The molecule has 6 nitrogen and oxygen atoms in total. The molecule has 0 unspecified atom stereocenters. The molecule has 0 spiro atoms. The maximum Gasteiger partial charge on any atom is 0.338 e. The van der Waals surface area contributed by atoms with Crippen LogP contribution < -0.4 is 9.47 Å². The van der Waals surface area contributed by atoms with Gasteiger partial charge in [-0.2, -0.15) is 0 Å². The monoisotopic (exact) mass is 412 g/mol. The number of carbonyl (C=O) groups is 2. The van der Waals surface area contributed by atoms with Crippen molar-refractivity contribution in [3.8, 4) is 22.6 Å². The van der Waals surface area contributed by atoms with Gasteiger partial charge in [-0.3, -0.25) is 0 Å². The third kappa shape index (κ3) is 6.95. The molecule has 2 rings (SSSR count). The van der Waals surface area contributed by atoms with Crippen LogP contribution in [0.25, 0.3) is 11.1 Å². The SMILES string of the molecule is C=CC(=O)OCCCCCCOc1ccc(C(=O)OC)c(-c2ccc(OC)cc2)c1. The summed E-state index contributed by atoms with van der Waals surface area (Å²) in [4.78, 5) is 23.1. The summed E-state index contributed by atoms with van der Waals surface area (Å²) in [5.41, 5.74) is 2.09. The minimum atomic E-state index is -0.399. The normalized spacial score (nSPS) is 10.2. The first kappa shape index (κ1) is 23.0. The van der Waals surface area contributed by atoms with Gasteiger partial charge >= 0.3 is 11.9 Å². The first-order valence-corrected chi connectivity index (χ1v) is 9.87. The van der Waals surface area contributed by atoms with Crippen molar-refractivity contribution in [1.29, 1.82) is 0 Å². The Kier molecular flexibility index (Phi) is 9.45. The van der Waals surface area contributed by atoms with Gasteiger partial charge in [-0.25, -0.2) is 9.59 Å². The van der Waals surface area contributed by atoms with Gasteiger partial charge in [0, 0.05) is 6.08 Å². The summed E-state index contributed by atoms with van der Waals surface area (Å²) in [6, 6.07) is 12.8. The lowest BCUT2D eigenvalue weighted by Gasteiger charge is -2.12. The third-order valence-electron chi connectivity index (χ3n) is 4.52. The molecule has 2 aromatic rings. The Morgan fingerprint density at radius 2 is 1.57 bits per heavy atom. The molecule has 0 N–H and O–H groups in total. The van der Waals surface area contributed by atoms with Crippen molar-refractivity contribution in [2.24, 2.45) is 0 Å². The molecular weight excluding hydrogens is 384 g/mol. The van der Waals surface area contributed by atoms with Crippen molar-refractivity contribution in [3.05, 3.63) is 60.7 Å². The lowest BCUT2D eigenvalue weighted by molar-refractivity contribution is -0.137. The number of ether oxygens (including phenoxy) is 4. The van der Waals surface area contributed by atoms with Crippen LogP contribution in [0.1, 0.15) is 36.0 Å². The molecule has 0 aliphatic rings. The maximum atomic E-state index is 12.2. The van der Waals surface area contributed by atoms with Crippen molar-refractivity contribution in [2.75, 3.05) is 27.4 Å². The Labute approximate surface area is 177 Å². The summed E-state index contributed by atoms with van der Waals surface area (Å²) in [7, 11) is 2.97. The van der Waals surface area contributed by atoms with Gasteiger partial charge in [-0.15, -0.1) is 0 Å². The summed E-state index contributed by atoms with van der Waals surface area (Å²) in [6.07, 6.45) is 4.78. The predicted octanol–water partition coefficient (Wildman–Crippen LogP) is 4.82. The van der Waals surface area contributed by atoms with Crippen molar-refractivity contribution in [3.63, 3.8) is 0 Å². The summed E-state index contributed by atoms with van der Waals surface area (Å²) in [5, 5.41) is 0. The number of hydrogen-bond donors (Lipinski definition) is 0. The zero-order valence-corrected chi connectivity index (χ0v) is 17.5. The number of rotatable bonds is 12. The standard InChI is InChI=1S/C24H28O6/c1-4-23(25)30-16-8-6-5-7-15-29-20-13-14-21(24(26)28-3)22(17-20)18-9-11-19(27-2)12-10-18/h4,9-14,17H,1,5-8,15-16H2,2-3H3. The molecule has 0 aromatic heterocycles. The Hall–Kier alpha value is -3.28. The van der Waals surface area contributed by atoms with E-state index in [1.165, 1.54) is 13.2 Å². The third-order valence-corrected chi connectivity index (χ3v) is 4.52. The lowest BCUT2D eigenvalue weighted by atomic mass is 9.99. The molecule has 160 valence electrons. The average Bonchev–Trinajstić information content (AvgIpc) is 2.80. The zero-order chi connectivity index (χ0) is 21.8. The number of esters is 2. The van der Waals surface area contributed by atoms with E-state index in [9.17, 15) is 9.59 Å². The molecule has 0 fully saturated rings. The molecule has 0 atom stereocenters. The van der Waals surface area contributed by atoms with E-state index in [4.69, 9.17) is 18.9 Å². The Morgan fingerprint density at radius 1 is 0.900 bits per heavy atom. The van der Waals surface area contributed by atoms with Crippen LogP contribution in [0.4, 0.5) is 0 Å². The highest BCUT2D eigenvalue weighted by Gasteiger charge is 2.15. The van der Waals surface area contributed by atoms with Gasteiger partial charge in [0.1, 0.15) is 11.5 Å². The van der Waals surface area contributed by atoms with E-state index in [2.05, 4.69) is 6.58 Å². The molecule has 0 aliphatic heterocycles. The second-order valence-electron chi connectivity index (χ2n) is 6.56. The van der Waals surface area contributed by atoms with Gasteiger partial charge in [0.15, 0.2) is 0 Å². The lowest BCUT2D eigenvalue weighted by Crippen LogP contribution is -2.05. The van der Waals surface area contributed by atoms with Crippen LogP contribution in [0.15, 0.2) is 55.1 Å². The molecule has 0 bridgehead atoms. The fraction of sp³-hybridized carbons (Fsp3) is 0.333. The Balaban J connectivity index is 1.93. The highest BCUT2D eigenvalue weighted by atomic mass is 16.5. The molecule has 2 aromatic carbocycles. The molecule has 6 heteroatoms. The minimum Gasteiger partial charge on any atom is -0.497 e. The van der Waals surface area contributed by atoms with Crippen LogP contribution in [0.3, 0.4) is 0 Å². The topological polar surface area (TPSA) is 71.1 Å². The highest BCUT2D eigenvalue weighted by Crippen LogP contribution is 2.30. The van der Waals surface area contributed by atoms with Gasteiger partial charge in [-0.05, 0) is 67.1 Å². The van der Waals surface area contributed by atoms with Crippen molar-refractivity contribution in [1.82, 2.24) is 0 Å². The van der Waals surface area contributed by atoms with Gasteiger partial charge in [-0.1, -0.05) is 18.7 Å². The van der Waals surface area contributed by atoms with Crippen LogP contribution in [0.2, 0.25) is 0 Å². The fourth-order valence-corrected chi connectivity index (χ4v) is 2.89. The molecule has 30 heavy (non-hydrogen) atoms. The van der Waals surface area contributed by atoms with E-state index in [1.807, 2.05) is 30.3 Å². The molecule has 0 amide bonds. The smallest absolute Gasteiger partial charge is 0.338 e. The first-order valence-electron chi connectivity index (χ1n) is 9.87. The largest absolute Gasteiger partial charge is 0.497 e. The first-order chi connectivity index (χ1) is 14.6. The van der Waals surface area contributed by atoms with Gasteiger partial charge in [0.05, 0.1) is 33.0 Å². The van der Waals surface area contributed by atoms with Gasteiger partial charge in [0.25, 0.3) is 0 Å². The maximum absolute atomic E-state index is 12.2. The molecule has 0 saturated carbocycles. The van der Waals surface area contributed by atoms with E-state index in [0.717, 1.165) is 42.6 Å². The summed E-state index contributed by atoms with van der Waals surface area (Å²) in [5.74, 6) is 0.643. The van der Waals surface area contributed by atoms with Crippen molar-refractivity contribution >= 4 is 11.9 Å². The summed E-state index contributed by atoms with van der Waals surface area (Å²) in [6.45, 7) is 4.33. The van der Waals surface area contributed by atoms with E-state index < -0.39 is 5.97 Å². The Bertz CT molecular complexity index is 841. The molecule has 0 radical (unpaired) electrons. The summed E-state index contributed by atoms with van der Waals surface area (Å²) >= 11 is 0. The predicted molar refractivity (Wildman–Crippen MR) is 115 cm³/mol. The van der Waals surface area contributed by atoms with E-state index in [-0.39, 0.29) is 5.97 Å². The van der Waals surface area contributed by atoms with E-state index in [0.29, 0.717) is 24.5 Å². The molecular formula is C24H28O6. The second-order valence-corrected chi connectivity index (χ2v) is 6.56.